The highest BCUT2D eigenvalue weighted by Crippen LogP contribution is 2.22. The predicted molar refractivity (Wildman–Crippen MR) is 67.7 cm³/mol. The van der Waals surface area contributed by atoms with Crippen LogP contribution in [0.2, 0.25) is 0 Å². The van der Waals surface area contributed by atoms with Crippen LogP contribution in [0.1, 0.15) is 5.01 Å². The van der Waals surface area contributed by atoms with Crippen molar-refractivity contribution in [1.82, 2.24) is 10.3 Å². The van der Waals surface area contributed by atoms with Gasteiger partial charge < -0.3 is 5.32 Å². The number of hydrogen-bond donors (Lipinski definition) is 1. The Balaban J connectivity index is 2.00. The van der Waals surface area contributed by atoms with Crippen LogP contribution in [0.4, 0.5) is 13.2 Å². The monoisotopic (exact) mass is 286 g/mol. The zero-order chi connectivity index (χ0) is 13.9. The highest BCUT2D eigenvalue weighted by atomic mass is 32.1. The summed E-state index contributed by atoms with van der Waals surface area (Å²) < 4.78 is 36.6. The smallest absolute Gasteiger partial charge is 0.343 e. The van der Waals surface area contributed by atoms with Crippen LogP contribution >= 0.6 is 11.3 Å². The molecule has 100 valence electrons. The molecule has 2 aromatic rings. The van der Waals surface area contributed by atoms with Crippen molar-refractivity contribution < 1.29 is 18.0 Å². The van der Waals surface area contributed by atoms with Gasteiger partial charge in [-0.2, -0.15) is 13.2 Å². The lowest BCUT2D eigenvalue weighted by molar-refractivity contribution is -0.135. The molecular formula is C12H9F3N2OS. The van der Waals surface area contributed by atoms with Gasteiger partial charge in [-0.15, -0.1) is 11.3 Å². The van der Waals surface area contributed by atoms with E-state index >= 15 is 0 Å². The number of carbonyl (C=O) groups excluding carboxylic acids is 1. The Morgan fingerprint density at radius 1 is 1.37 bits per heavy atom. The largest absolute Gasteiger partial charge is 0.405 e. The molecule has 0 fully saturated rings. The molecule has 0 bridgehead atoms. The third kappa shape index (κ3) is 4.06. The van der Waals surface area contributed by atoms with E-state index in [0.29, 0.717) is 5.01 Å². The number of hydrogen-bond acceptors (Lipinski definition) is 3. The summed E-state index contributed by atoms with van der Waals surface area (Å²) in [5.74, 6) is -0.795. The summed E-state index contributed by atoms with van der Waals surface area (Å²) in [6.45, 7) is -1.34. The highest BCUT2D eigenvalue weighted by Gasteiger charge is 2.27. The molecule has 0 aliphatic rings. The van der Waals surface area contributed by atoms with Crippen LogP contribution in [-0.2, 0) is 4.79 Å². The number of carbonyl (C=O) groups is 1. The average Bonchev–Trinajstić information content (AvgIpc) is 2.75. The number of aromatic nitrogens is 1. The first-order chi connectivity index (χ1) is 8.94. The Hall–Kier alpha value is -1.89. The molecule has 1 heterocycles. The maximum absolute atomic E-state index is 11.9. The van der Waals surface area contributed by atoms with Crippen molar-refractivity contribution in [3.8, 4) is 0 Å². The number of para-hydroxylation sites is 1. The zero-order valence-corrected chi connectivity index (χ0v) is 10.4. The van der Waals surface area contributed by atoms with Crippen molar-refractivity contribution in [3.63, 3.8) is 0 Å². The number of rotatable bonds is 3. The van der Waals surface area contributed by atoms with E-state index < -0.39 is 18.6 Å². The van der Waals surface area contributed by atoms with Crippen molar-refractivity contribution in [1.29, 1.82) is 0 Å². The van der Waals surface area contributed by atoms with Crippen LogP contribution in [0.5, 0.6) is 0 Å². The molecule has 0 unspecified atom stereocenters. The van der Waals surface area contributed by atoms with E-state index in [1.807, 2.05) is 24.3 Å². The number of alkyl halides is 3. The summed E-state index contributed by atoms with van der Waals surface area (Å²) in [5.41, 5.74) is 0.794. The Morgan fingerprint density at radius 3 is 2.79 bits per heavy atom. The van der Waals surface area contributed by atoms with Crippen molar-refractivity contribution in [2.45, 2.75) is 6.18 Å². The van der Waals surface area contributed by atoms with E-state index in [-0.39, 0.29) is 0 Å². The minimum Gasteiger partial charge on any atom is -0.343 e. The minimum absolute atomic E-state index is 0.573. The molecule has 0 saturated carbocycles. The van der Waals surface area contributed by atoms with E-state index in [0.717, 1.165) is 16.3 Å². The summed E-state index contributed by atoms with van der Waals surface area (Å²) >= 11 is 1.36. The normalized spacial score (nSPS) is 12.2. The summed E-state index contributed by atoms with van der Waals surface area (Å²) in [6.07, 6.45) is -1.96. The number of fused-ring (bicyclic) bond motifs is 1. The lowest BCUT2D eigenvalue weighted by Crippen LogP contribution is -2.32. The molecule has 0 aliphatic carbocycles. The fraction of sp³-hybridized carbons (Fsp3) is 0.167. The fourth-order valence-electron chi connectivity index (χ4n) is 1.35. The van der Waals surface area contributed by atoms with Crippen LogP contribution in [0.25, 0.3) is 16.3 Å². The standard InChI is InChI=1S/C12H9F3N2OS/c13-12(14,15)7-16-10(18)5-6-11-17-8-3-1-2-4-9(8)19-11/h1-6H,7H2,(H,16,18)/b6-5+. The molecule has 0 aliphatic heterocycles. The first kappa shape index (κ1) is 13.5. The van der Waals surface area contributed by atoms with Crippen molar-refractivity contribution in [3.05, 3.63) is 35.3 Å². The Morgan fingerprint density at radius 2 is 2.11 bits per heavy atom. The van der Waals surface area contributed by atoms with Gasteiger partial charge in [0, 0.05) is 6.08 Å². The third-order valence-electron chi connectivity index (χ3n) is 2.15. The molecule has 0 spiro atoms. The molecule has 3 nitrogen and oxygen atoms in total. The molecule has 1 aromatic heterocycles. The molecule has 1 amide bonds. The molecule has 0 radical (unpaired) electrons. The van der Waals surface area contributed by atoms with Gasteiger partial charge in [0.05, 0.1) is 10.2 Å². The molecular weight excluding hydrogens is 277 g/mol. The summed E-state index contributed by atoms with van der Waals surface area (Å²) in [4.78, 5) is 15.4. The number of nitrogens with one attached hydrogen (secondary N) is 1. The van der Waals surface area contributed by atoms with E-state index in [2.05, 4.69) is 4.98 Å². The first-order valence-corrected chi connectivity index (χ1v) is 6.14. The second kappa shape index (κ2) is 5.40. The Kier molecular flexibility index (Phi) is 3.84. The lowest BCUT2D eigenvalue weighted by Gasteiger charge is -2.05. The van der Waals surface area contributed by atoms with Gasteiger partial charge in [0.1, 0.15) is 11.6 Å². The quantitative estimate of drug-likeness (QED) is 0.881. The zero-order valence-electron chi connectivity index (χ0n) is 9.57. The molecule has 0 saturated heterocycles. The van der Waals surface area contributed by atoms with Gasteiger partial charge in [-0.25, -0.2) is 4.98 Å². The van der Waals surface area contributed by atoms with Gasteiger partial charge in [0.25, 0.3) is 0 Å². The lowest BCUT2D eigenvalue weighted by atomic mass is 10.3. The average molecular weight is 286 g/mol. The van der Waals surface area contributed by atoms with Gasteiger partial charge >= 0.3 is 6.18 Å². The number of thiazole rings is 1. The SMILES string of the molecule is O=C(/C=C/c1nc2ccccc2s1)NCC(F)(F)F. The second-order valence-electron chi connectivity index (χ2n) is 3.69. The molecule has 19 heavy (non-hydrogen) atoms. The van der Waals surface area contributed by atoms with E-state index in [4.69, 9.17) is 0 Å². The molecule has 1 aromatic carbocycles. The number of halogens is 3. The van der Waals surface area contributed by atoms with Gasteiger partial charge in [-0.05, 0) is 18.2 Å². The minimum atomic E-state index is -4.40. The summed E-state index contributed by atoms with van der Waals surface area (Å²) in [7, 11) is 0. The summed E-state index contributed by atoms with van der Waals surface area (Å²) in [6, 6.07) is 7.41. The van der Waals surface area contributed by atoms with Gasteiger partial charge in [0.15, 0.2) is 0 Å². The molecule has 1 N–H and O–H groups in total. The highest BCUT2D eigenvalue weighted by molar-refractivity contribution is 7.19. The van der Waals surface area contributed by atoms with Crippen LogP contribution < -0.4 is 5.32 Å². The van der Waals surface area contributed by atoms with E-state index in [1.165, 1.54) is 17.4 Å². The number of nitrogens with zero attached hydrogens (tertiary/aromatic N) is 1. The maximum atomic E-state index is 11.9. The van der Waals surface area contributed by atoms with Crippen molar-refractivity contribution in [2.75, 3.05) is 6.54 Å². The number of benzene rings is 1. The maximum Gasteiger partial charge on any atom is 0.405 e. The van der Waals surface area contributed by atoms with E-state index in [1.54, 1.807) is 5.32 Å². The van der Waals surface area contributed by atoms with Crippen LogP contribution in [-0.4, -0.2) is 23.6 Å². The second-order valence-corrected chi connectivity index (χ2v) is 4.75. The first-order valence-electron chi connectivity index (χ1n) is 5.32. The molecule has 7 heteroatoms. The fourth-order valence-corrected chi connectivity index (χ4v) is 2.22. The van der Waals surface area contributed by atoms with Crippen LogP contribution in [0.15, 0.2) is 30.3 Å². The Bertz CT molecular complexity index is 586. The summed E-state index contributed by atoms with van der Waals surface area (Å²) in [5, 5.41) is 2.33. The topological polar surface area (TPSA) is 42.0 Å². The van der Waals surface area contributed by atoms with Gasteiger partial charge in [-0.3, -0.25) is 4.79 Å². The van der Waals surface area contributed by atoms with Crippen LogP contribution in [0.3, 0.4) is 0 Å². The van der Waals surface area contributed by atoms with Crippen molar-refractivity contribution in [2.24, 2.45) is 0 Å². The van der Waals surface area contributed by atoms with Crippen molar-refractivity contribution >= 4 is 33.5 Å². The van der Waals surface area contributed by atoms with E-state index in [9.17, 15) is 18.0 Å². The predicted octanol–water partition coefficient (Wildman–Crippen LogP) is 2.99. The molecule has 2 rings (SSSR count). The Labute approximate surface area is 110 Å². The van der Waals surface area contributed by atoms with Crippen LogP contribution in [0, 0.1) is 0 Å². The molecule has 0 atom stereocenters. The third-order valence-corrected chi connectivity index (χ3v) is 3.15. The number of amides is 1. The van der Waals surface area contributed by atoms with Gasteiger partial charge in [0.2, 0.25) is 5.91 Å². The van der Waals surface area contributed by atoms with Gasteiger partial charge in [-0.1, -0.05) is 12.1 Å².